The van der Waals surface area contributed by atoms with Gasteiger partial charge in [-0.05, 0) is 123 Å². The number of fused-ring (bicyclic) bond motifs is 12. The molecule has 8 aromatic carbocycles. The Bertz CT molecular complexity index is 3050. The zero-order valence-corrected chi connectivity index (χ0v) is 31.6. The van der Waals surface area contributed by atoms with Crippen molar-refractivity contribution in [3.63, 3.8) is 0 Å². The van der Waals surface area contributed by atoms with Gasteiger partial charge < -0.3 is 9.47 Å². The summed E-state index contributed by atoms with van der Waals surface area (Å²) in [5, 5.41) is 2.52. The number of hydrogen-bond acceptors (Lipinski definition) is 1. The maximum absolute atomic E-state index is 2.53. The first-order chi connectivity index (χ1) is 27.5. The van der Waals surface area contributed by atoms with E-state index in [2.05, 4.69) is 205 Å². The average molecular weight is 717 g/mol. The number of aromatic nitrogens is 1. The highest BCUT2D eigenvalue weighted by atomic mass is 15.1. The lowest BCUT2D eigenvalue weighted by molar-refractivity contribution is 0.563. The third-order valence-electron chi connectivity index (χ3n) is 13.4. The second-order valence-corrected chi connectivity index (χ2v) is 16.6. The minimum atomic E-state index is -0.115. The van der Waals surface area contributed by atoms with Crippen molar-refractivity contribution >= 4 is 38.9 Å². The Morgan fingerprint density at radius 3 is 1.68 bits per heavy atom. The van der Waals surface area contributed by atoms with E-state index < -0.39 is 0 Å². The maximum atomic E-state index is 2.53. The Balaban J connectivity index is 1.11. The number of rotatable bonds is 4. The Morgan fingerprint density at radius 2 is 0.929 bits per heavy atom. The SMILES string of the molecule is CC1(C)c2ccccc2-c2ccc(N(c3ccc4c(c3)C3(Cc5ccccc5C3)c3ccccc3-4)c3ccc4c5ccccc5n(-c5ccccc5)c4c3)cc21. The van der Waals surface area contributed by atoms with Gasteiger partial charge in [-0.15, -0.1) is 0 Å². The molecule has 0 aliphatic heterocycles. The normalized spacial score (nSPS) is 15.1. The van der Waals surface area contributed by atoms with Crippen molar-refractivity contribution in [1.29, 1.82) is 0 Å². The van der Waals surface area contributed by atoms with Crippen LogP contribution in [0.5, 0.6) is 0 Å². The molecule has 3 aliphatic carbocycles. The van der Waals surface area contributed by atoms with Gasteiger partial charge in [0.05, 0.1) is 11.0 Å². The molecule has 2 nitrogen and oxygen atoms in total. The summed E-state index contributed by atoms with van der Waals surface area (Å²) in [6.07, 6.45) is 2.04. The lowest BCUT2D eigenvalue weighted by Crippen LogP contribution is -2.26. The molecule has 266 valence electrons. The highest BCUT2D eigenvalue weighted by Gasteiger charge is 2.47. The third-order valence-corrected chi connectivity index (χ3v) is 13.4. The molecule has 1 spiro atoms. The molecule has 0 saturated heterocycles. The van der Waals surface area contributed by atoms with E-state index in [1.165, 1.54) is 88.8 Å². The van der Waals surface area contributed by atoms with Gasteiger partial charge in [-0.2, -0.15) is 0 Å². The number of benzene rings is 8. The molecule has 1 aromatic heterocycles. The summed E-state index contributed by atoms with van der Waals surface area (Å²) in [6.45, 7) is 4.76. The van der Waals surface area contributed by atoms with E-state index in [1.54, 1.807) is 0 Å². The molecule has 1 heterocycles. The minimum absolute atomic E-state index is 0.0947. The molecule has 9 aromatic rings. The van der Waals surface area contributed by atoms with Crippen molar-refractivity contribution in [2.24, 2.45) is 0 Å². The predicted molar refractivity (Wildman–Crippen MR) is 233 cm³/mol. The molecule has 2 heteroatoms. The number of para-hydroxylation sites is 2. The average Bonchev–Trinajstić information content (AvgIpc) is 3.94. The van der Waals surface area contributed by atoms with Crippen molar-refractivity contribution in [1.82, 2.24) is 4.57 Å². The van der Waals surface area contributed by atoms with Gasteiger partial charge in [-0.3, -0.25) is 0 Å². The number of nitrogens with zero attached hydrogens (tertiary/aromatic N) is 2. The quantitative estimate of drug-likeness (QED) is 0.176. The van der Waals surface area contributed by atoms with Crippen LogP contribution in [0.25, 0.3) is 49.7 Å². The highest BCUT2D eigenvalue weighted by Crippen LogP contribution is 2.57. The molecule has 0 saturated carbocycles. The van der Waals surface area contributed by atoms with Crippen molar-refractivity contribution in [3.05, 3.63) is 215 Å². The van der Waals surface area contributed by atoms with Crippen LogP contribution < -0.4 is 4.90 Å². The van der Waals surface area contributed by atoms with E-state index in [-0.39, 0.29) is 10.8 Å². The number of hydrogen-bond donors (Lipinski definition) is 0. The zero-order chi connectivity index (χ0) is 37.2. The van der Waals surface area contributed by atoms with Gasteiger partial charge in [0, 0.05) is 44.4 Å². The van der Waals surface area contributed by atoms with Gasteiger partial charge in [0.25, 0.3) is 0 Å². The summed E-state index contributed by atoms with van der Waals surface area (Å²) in [7, 11) is 0. The molecular formula is C54H40N2. The number of anilines is 3. The molecule has 0 N–H and O–H groups in total. The van der Waals surface area contributed by atoms with Crippen LogP contribution in [0.1, 0.15) is 47.2 Å². The topological polar surface area (TPSA) is 8.17 Å². The second kappa shape index (κ2) is 11.4. The van der Waals surface area contributed by atoms with Crippen molar-refractivity contribution in [2.75, 3.05) is 4.90 Å². The van der Waals surface area contributed by atoms with Gasteiger partial charge in [-0.25, -0.2) is 0 Å². The Labute approximate surface area is 327 Å². The molecule has 12 rings (SSSR count). The van der Waals surface area contributed by atoms with Crippen LogP contribution in [-0.4, -0.2) is 4.57 Å². The molecule has 0 atom stereocenters. The summed E-state index contributed by atoms with van der Waals surface area (Å²) in [5.74, 6) is 0. The van der Waals surface area contributed by atoms with Crippen molar-refractivity contribution < 1.29 is 0 Å². The van der Waals surface area contributed by atoms with Crippen molar-refractivity contribution in [2.45, 2.75) is 37.5 Å². The molecule has 0 bridgehead atoms. The molecular weight excluding hydrogens is 677 g/mol. The predicted octanol–water partition coefficient (Wildman–Crippen LogP) is 13.6. The Hall–Kier alpha value is -6.64. The first-order valence-electron chi connectivity index (χ1n) is 19.9. The van der Waals surface area contributed by atoms with E-state index in [1.807, 2.05) is 0 Å². The fourth-order valence-corrected chi connectivity index (χ4v) is 10.8. The van der Waals surface area contributed by atoms with E-state index in [9.17, 15) is 0 Å². The highest BCUT2D eigenvalue weighted by molar-refractivity contribution is 6.10. The van der Waals surface area contributed by atoms with Crippen LogP contribution in [0.4, 0.5) is 17.1 Å². The van der Waals surface area contributed by atoms with Crippen LogP contribution in [0.3, 0.4) is 0 Å². The molecule has 3 aliphatic rings. The van der Waals surface area contributed by atoms with Gasteiger partial charge in [-0.1, -0.05) is 141 Å². The Morgan fingerprint density at radius 1 is 0.411 bits per heavy atom. The summed E-state index contributed by atoms with van der Waals surface area (Å²) in [6, 6.07) is 68.4. The van der Waals surface area contributed by atoms with Crippen LogP contribution >= 0.6 is 0 Å². The van der Waals surface area contributed by atoms with Crippen LogP contribution in [-0.2, 0) is 23.7 Å². The Kier molecular flexibility index (Phi) is 6.47. The first-order valence-corrected chi connectivity index (χ1v) is 19.9. The lowest BCUT2D eigenvalue weighted by Gasteiger charge is -2.31. The summed E-state index contributed by atoms with van der Waals surface area (Å²) in [4.78, 5) is 2.52. The van der Waals surface area contributed by atoms with Crippen LogP contribution in [0.15, 0.2) is 182 Å². The molecule has 0 unspecified atom stereocenters. The fraction of sp³-hybridized carbons (Fsp3) is 0.111. The van der Waals surface area contributed by atoms with E-state index in [4.69, 9.17) is 0 Å². The second-order valence-electron chi connectivity index (χ2n) is 16.6. The van der Waals surface area contributed by atoms with E-state index in [0.29, 0.717) is 0 Å². The summed E-state index contributed by atoms with van der Waals surface area (Å²) >= 11 is 0. The minimum Gasteiger partial charge on any atom is -0.310 e. The van der Waals surface area contributed by atoms with Crippen LogP contribution in [0, 0.1) is 0 Å². The van der Waals surface area contributed by atoms with Gasteiger partial charge in [0.15, 0.2) is 0 Å². The maximum Gasteiger partial charge on any atom is 0.0561 e. The molecule has 0 fully saturated rings. The van der Waals surface area contributed by atoms with E-state index >= 15 is 0 Å². The smallest absolute Gasteiger partial charge is 0.0561 e. The zero-order valence-electron chi connectivity index (χ0n) is 31.6. The molecule has 56 heavy (non-hydrogen) atoms. The van der Waals surface area contributed by atoms with E-state index in [0.717, 1.165) is 24.2 Å². The standard InChI is InChI=1S/C54H40N2/c1-53(2)47-21-11-8-18-41(47)43-27-24-38(30-49(43)53)55(40-26-29-46-45-20-10-13-23-51(45)56(52(46)32-40)37-16-4-3-5-17-37)39-25-28-44-42-19-9-12-22-48(42)54(50(44)31-39)33-35-14-6-7-15-36(35)34-54/h3-32H,33-34H2,1-2H3. The first kappa shape index (κ1) is 31.7. The monoisotopic (exact) mass is 716 g/mol. The van der Waals surface area contributed by atoms with Crippen molar-refractivity contribution in [3.8, 4) is 27.9 Å². The largest absolute Gasteiger partial charge is 0.310 e. The van der Waals surface area contributed by atoms with Gasteiger partial charge in [0.1, 0.15) is 0 Å². The van der Waals surface area contributed by atoms with Crippen LogP contribution in [0.2, 0.25) is 0 Å². The molecule has 0 radical (unpaired) electrons. The molecule has 0 amide bonds. The third kappa shape index (κ3) is 4.27. The lowest BCUT2D eigenvalue weighted by atomic mass is 9.75. The summed E-state index contributed by atoms with van der Waals surface area (Å²) in [5.41, 5.74) is 20.9. The fourth-order valence-electron chi connectivity index (χ4n) is 10.8. The van der Waals surface area contributed by atoms with Gasteiger partial charge >= 0.3 is 0 Å². The van der Waals surface area contributed by atoms with Gasteiger partial charge in [0.2, 0.25) is 0 Å². The summed E-state index contributed by atoms with van der Waals surface area (Å²) < 4.78 is 2.43.